The molecule has 0 bridgehead atoms. The van der Waals surface area contributed by atoms with Gasteiger partial charge in [-0.1, -0.05) is 19.9 Å². The van der Waals surface area contributed by atoms with Gasteiger partial charge in [-0.2, -0.15) is 0 Å². The van der Waals surface area contributed by atoms with E-state index >= 15 is 0 Å². The Balaban J connectivity index is 2.12. The Morgan fingerprint density at radius 2 is 2.36 bits per heavy atom. The Labute approximate surface area is 94.4 Å². The summed E-state index contributed by atoms with van der Waals surface area (Å²) in [4.78, 5) is 1.61. The summed E-state index contributed by atoms with van der Waals surface area (Å²) in [6, 6.07) is 2.30. The van der Waals surface area contributed by atoms with Crippen molar-refractivity contribution in [1.82, 2.24) is 0 Å². The van der Waals surface area contributed by atoms with Crippen molar-refractivity contribution in [2.45, 2.75) is 31.9 Å². The van der Waals surface area contributed by atoms with E-state index in [1.54, 1.807) is 10.4 Å². The molecule has 0 aromatic carbocycles. The van der Waals surface area contributed by atoms with Gasteiger partial charge in [0.25, 0.3) is 0 Å². The fraction of sp³-hybridized carbons (Fsp3) is 0.500. The molecule has 0 spiro atoms. The minimum atomic E-state index is 0.712. The van der Waals surface area contributed by atoms with E-state index in [2.05, 4.69) is 36.8 Å². The first-order valence-electron chi connectivity index (χ1n) is 5.14. The Morgan fingerprint density at radius 3 is 3.00 bits per heavy atom. The van der Waals surface area contributed by atoms with Crippen LogP contribution in [0.4, 0.5) is 0 Å². The van der Waals surface area contributed by atoms with Crippen molar-refractivity contribution in [3.05, 3.63) is 33.4 Å². The van der Waals surface area contributed by atoms with Crippen molar-refractivity contribution in [2.75, 3.05) is 0 Å². The number of hydrogen-bond donors (Lipinski definition) is 0. The highest BCUT2D eigenvalue weighted by molar-refractivity contribution is 8.02. The first kappa shape index (κ1) is 10.3. The van der Waals surface area contributed by atoms with Gasteiger partial charge in [0.15, 0.2) is 0 Å². The van der Waals surface area contributed by atoms with Crippen LogP contribution in [0.5, 0.6) is 0 Å². The normalized spacial score (nSPS) is 20.9. The van der Waals surface area contributed by atoms with Gasteiger partial charge in [-0.3, -0.25) is 0 Å². The molecular formula is C12H16S2. The Hall–Kier alpha value is -0.210. The maximum Gasteiger partial charge on any atom is 0.0469 e. The van der Waals surface area contributed by atoms with Gasteiger partial charge in [-0.05, 0) is 41.2 Å². The molecule has 0 amide bonds. The van der Waals surface area contributed by atoms with Crippen molar-refractivity contribution in [2.24, 2.45) is 5.92 Å². The van der Waals surface area contributed by atoms with E-state index < -0.39 is 0 Å². The molecule has 0 saturated heterocycles. The third-order valence-corrected chi connectivity index (χ3v) is 4.72. The van der Waals surface area contributed by atoms with Gasteiger partial charge in [0, 0.05) is 10.1 Å². The van der Waals surface area contributed by atoms with Gasteiger partial charge in [0.2, 0.25) is 0 Å². The smallest absolute Gasteiger partial charge is 0.0469 e. The second-order valence-corrected chi connectivity index (χ2v) is 6.20. The highest BCUT2D eigenvalue weighted by Gasteiger charge is 2.18. The minimum absolute atomic E-state index is 0.712. The third-order valence-electron chi connectivity index (χ3n) is 2.39. The lowest BCUT2D eigenvalue weighted by molar-refractivity contribution is 0.644. The average molecular weight is 224 g/mol. The van der Waals surface area contributed by atoms with E-state index in [0.29, 0.717) is 5.25 Å². The molecule has 1 aliphatic rings. The van der Waals surface area contributed by atoms with Crippen LogP contribution in [0.3, 0.4) is 0 Å². The molecule has 1 aromatic rings. The quantitative estimate of drug-likeness (QED) is 0.721. The van der Waals surface area contributed by atoms with E-state index in [1.165, 1.54) is 12.8 Å². The van der Waals surface area contributed by atoms with Crippen molar-refractivity contribution >= 4 is 23.1 Å². The maximum atomic E-state index is 2.30. The molecule has 14 heavy (non-hydrogen) atoms. The fourth-order valence-corrected chi connectivity index (χ4v) is 3.96. The number of thioether (sulfide) groups is 1. The van der Waals surface area contributed by atoms with Crippen LogP contribution < -0.4 is 0 Å². The molecule has 0 fully saturated rings. The number of rotatable bonds is 3. The summed E-state index contributed by atoms with van der Waals surface area (Å²) in [6.07, 6.45) is 4.74. The van der Waals surface area contributed by atoms with Crippen molar-refractivity contribution in [3.63, 3.8) is 0 Å². The summed E-state index contributed by atoms with van der Waals surface area (Å²) >= 11 is 3.90. The summed E-state index contributed by atoms with van der Waals surface area (Å²) < 4.78 is 0. The van der Waals surface area contributed by atoms with Crippen LogP contribution in [0.1, 0.15) is 36.0 Å². The van der Waals surface area contributed by atoms with E-state index in [4.69, 9.17) is 0 Å². The largest absolute Gasteiger partial charge is 0.147 e. The molecule has 0 saturated carbocycles. The van der Waals surface area contributed by atoms with Crippen molar-refractivity contribution in [3.8, 4) is 0 Å². The molecule has 0 nitrogen and oxygen atoms in total. The molecule has 2 heteroatoms. The van der Waals surface area contributed by atoms with E-state index in [0.717, 1.165) is 5.92 Å². The Bertz CT molecular complexity index is 315. The van der Waals surface area contributed by atoms with Gasteiger partial charge in [0.1, 0.15) is 0 Å². The van der Waals surface area contributed by atoms with Crippen LogP contribution in [0, 0.1) is 5.92 Å². The minimum Gasteiger partial charge on any atom is -0.147 e. The molecule has 2 heterocycles. The van der Waals surface area contributed by atoms with Crippen LogP contribution in [-0.4, -0.2) is 0 Å². The molecule has 0 aliphatic carbocycles. The predicted octanol–water partition coefficient (Wildman–Crippen LogP) is 4.64. The molecule has 1 atom stereocenters. The van der Waals surface area contributed by atoms with Gasteiger partial charge >= 0.3 is 0 Å². The molecule has 0 radical (unpaired) electrons. The monoisotopic (exact) mass is 224 g/mol. The fourth-order valence-electron chi connectivity index (χ4n) is 1.79. The number of thiophene rings is 1. The summed E-state index contributed by atoms with van der Waals surface area (Å²) in [5, 5.41) is 5.19. The SMILES string of the molecule is CC(C)Cc1ccsc1C1CC=CS1. The second-order valence-electron chi connectivity index (χ2n) is 4.14. The van der Waals surface area contributed by atoms with Crippen LogP contribution >= 0.6 is 23.1 Å². The number of hydrogen-bond acceptors (Lipinski definition) is 2. The van der Waals surface area contributed by atoms with Crippen molar-refractivity contribution < 1.29 is 0 Å². The molecule has 1 aromatic heterocycles. The zero-order valence-corrected chi connectivity index (χ0v) is 10.3. The standard InChI is InChI=1S/C12H16S2/c1-9(2)8-10-5-7-14-12(10)11-4-3-6-13-11/h3,5-7,9,11H,4,8H2,1-2H3. The summed E-state index contributed by atoms with van der Waals surface area (Å²) in [5.41, 5.74) is 1.58. The topological polar surface area (TPSA) is 0 Å². The average Bonchev–Trinajstić information content (AvgIpc) is 2.70. The highest BCUT2D eigenvalue weighted by atomic mass is 32.2. The first-order chi connectivity index (χ1) is 6.77. The van der Waals surface area contributed by atoms with E-state index in [-0.39, 0.29) is 0 Å². The molecule has 2 rings (SSSR count). The molecule has 1 unspecified atom stereocenters. The van der Waals surface area contributed by atoms with Gasteiger partial charge in [0.05, 0.1) is 0 Å². The summed E-state index contributed by atoms with van der Waals surface area (Å²) in [7, 11) is 0. The van der Waals surface area contributed by atoms with Crippen LogP contribution in [0.15, 0.2) is 22.9 Å². The lowest BCUT2D eigenvalue weighted by Gasteiger charge is -2.11. The van der Waals surface area contributed by atoms with Crippen molar-refractivity contribution in [1.29, 1.82) is 0 Å². The maximum absolute atomic E-state index is 2.30. The first-order valence-corrected chi connectivity index (χ1v) is 6.96. The molecular weight excluding hydrogens is 208 g/mol. The summed E-state index contributed by atoms with van der Waals surface area (Å²) in [5.74, 6) is 0.766. The van der Waals surface area contributed by atoms with Crippen LogP contribution in [0.25, 0.3) is 0 Å². The number of allylic oxidation sites excluding steroid dienone is 1. The second kappa shape index (κ2) is 4.54. The zero-order chi connectivity index (χ0) is 9.97. The zero-order valence-electron chi connectivity index (χ0n) is 8.69. The summed E-state index contributed by atoms with van der Waals surface area (Å²) in [6.45, 7) is 4.59. The molecule has 76 valence electrons. The van der Waals surface area contributed by atoms with Gasteiger partial charge in [-0.25, -0.2) is 0 Å². The molecule has 0 N–H and O–H groups in total. The van der Waals surface area contributed by atoms with Gasteiger partial charge in [-0.15, -0.1) is 23.1 Å². The van der Waals surface area contributed by atoms with E-state index in [1.807, 2.05) is 23.1 Å². The lowest BCUT2D eigenvalue weighted by Crippen LogP contribution is -1.97. The lowest BCUT2D eigenvalue weighted by atomic mass is 10.0. The van der Waals surface area contributed by atoms with E-state index in [9.17, 15) is 0 Å². The Kier molecular flexibility index (Phi) is 3.34. The van der Waals surface area contributed by atoms with Crippen LogP contribution in [-0.2, 0) is 6.42 Å². The third kappa shape index (κ3) is 2.23. The molecule has 1 aliphatic heterocycles. The van der Waals surface area contributed by atoms with Crippen LogP contribution in [0.2, 0.25) is 0 Å². The highest BCUT2D eigenvalue weighted by Crippen LogP contribution is 2.42. The van der Waals surface area contributed by atoms with Gasteiger partial charge < -0.3 is 0 Å². The predicted molar refractivity (Wildman–Crippen MR) is 67.0 cm³/mol. The Morgan fingerprint density at radius 1 is 1.50 bits per heavy atom.